The van der Waals surface area contributed by atoms with Gasteiger partial charge in [-0.1, -0.05) is 6.07 Å². The summed E-state index contributed by atoms with van der Waals surface area (Å²) in [5.41, 5.74) is 10.9. The van der Waals surface area contributed by atoms with Gasteiger partial charge >= 0.3 is 297 Å². The Morgan fingerprint density at radius 1 is 0.451 bits per heavy atom. The van der Waals surface area contributed by atoms with Gasteiger partial charge in [0.15, 0.2) is 0 Å². The van der Waals surface area contributed by atoms with E-state index in [4.69, 9.17) is 9.40 Å². The molecule has 10 rings (SSSR count). The monoisotopic (exact) mass is 718 g/mol. The van der Waals surface area contributed by atoms with Gasteiger partial charge in [-0.05, 0) is 0 Å². The van der Waals surface area contributed by atoms with Gasteiger partial charge < -0.3 is 0 Å². The van der Waals surface area contributed by atoms with E-state index < -0.39 is 0 Å². The fraction of sp³-hybridized carbons (Fsp3) is 0. The number of para-hydroxylation sites is 2. The van der Waals surface area contributed by atoms with Crippen LogP contribution in [-0.2, 0) is 0 Å². The second kappa shape index (κ2) is 12.3. The summed E-state index contributed by atoms with van der Waals surface area (Å²) in [5, 5.41) is 5.01. The van der Waals surface area contributed by atoms with E-state index in [1.54, 1.807) is 0 Å². The van der Waals surface area contributed by atoms with Gasteiger partial charge in [0.1, 0.15) is 0 Å². The molecule has 0 fully saturated rings. The predicted molar refractivity (Wildman–Crippen MR) is 214 cm³/mol. The fourth-order valence-corrected chi connectivity index (χ4v) is 9.73. The quantitative estimate of drug-likeness (QED) is 0.160. The summed E-state index contributed by atoms with van der Waals surface area (Å²) in [6.07, 6.45) is 0. The van der Waals surface area contributed by atoms with Gasteiger partial charge in [0, 0.05) is 0 Å². The van der Waals surface area contributed by atoms with Gasteiger partial charge in [-0.3, -0.25) is 0 Å². The molecule has 2 heterocycles. The van der Waals surface area contributed by atoms with E-state index in [0.717, 1.165) is 33.7 Å². The Labute approximate surface area is 301 Å². The third kappa shape index (κ3) is 5.25. The first-order chi connectivity index (χ1) is 25.3. The van der Waals surface area contributed by atoms with Crippen LogP contribution in [0.2, 0.25) is 0 Å². The third-order valence-corrected chi connectivity index (χ3v) is 12.0. The van der Waals surface area contributed by atoms with Gasteiger partial charge in [-0.2, -0.15) is 0 Å². The molecule has 0 saturated heterocycles. The average Bonchev–Trinajstić information content (AvgIpc) is 3.80. The third-order valence-electron chi connectivity index (χ3n) is 9.70. The number of benzene rings is 8. The van der Waals surface area contributed by atoms with Crippen molar-refractivity contribution in [1.29, 1.82) is 0 Å². The minimum atomic E-state index is 0.137. The molecule has 0 aliphatic heterocycles. The summed E-state index contributed by atoms with van der Waals surface area (Å²) in [7, 11) is 0. The Hall–Kier alpha value is -6.19. The first-order valence-corrected chi connectivity index (χ1v) is 18.8. The van der Waals surface area contributed by atoms with Crippen LogP contribution in [0, 0.1) is 0 Å². The summed E-state index contributed by atoms with van der Waals surface area (Å²) in [4.78, 5) is 7.26. The summed E-state index contributed by atoms with van der Waals surface area (Å²) >= 11 is 0.137. The van der Waals surface area contributed by atoms with Crippen LogP contribution in [-0.4, -0.2) is 19.5 Å². The van der Waals surface area contributed by atoms with Crippen LogP contribution in [0.5, 0.6) is 0 Å². The van der Waals surface area contributed by atoms with E-state index >= 15 is 0 Å². The molecule has 4 heteroatoms. The predicted octanol–water partition coefficient (Wildman–Crippen LogP) is 12.8. The SMILES string of the molecule is c1ccc(-c2cccc(N(c3ccc(-c4cccc5ccccc45)cc3)c3ccc4c(c3)[se]c3cccc(-c5nc6ccccc6o5)c34)c2)cc1. The van der Waals surface area contributed by atoms with Crippen LogP contribution in [0.25, 0.3) is 74.9 Å². The van der Waals surface area contributed by atoms with Crippen molar-refractivity contribution in [3.05, 3.63) is 182 Å². The Morgan fingerprint density at radius 3 is 2.06 bits per heavy atom. The Morgan fingerprint density at radius 2 is 1.16 bits per heavy atom. The van der Waals surface area contributed by atoms with Gasteiger partial charge in [0.05, 0.1) is 0 Å². The van der Waals surface area contributed by atoms with E-state index in [0.29, 0.717) is 5.89 Å². The molecule has 0 aliphatic carbocycles. The summed E-state index contributed by atoms with van der Waals surface area (Å²) < 4.78 is 8.98. The average molecular weight is 718 g/mol. The molecule has 0 N–H and O–H groups in total. The molecule has 3 nitrogen and oxygen atoms in total. The van der Waals surface area contributed by atoms with Crippen LogP contribution < -0.4 is 4.90 Å². The molecule has 51 heavy (non-hydrogen) atoms. The molecular formula is C47H30N2OSe. The molecule has 0 unspecified atom stereocenters. The number of anilines is 3. The zero-order chi connectivity index (χ0) is 33.7. The summed E-state index contributed by atoms with van der Waals surface area (Å²) in [5.74, 6) is 0.673. The van der Waals surface area contributed by atoms with Gasteiger partial charge in [0.25, 0.3) is 0 Å². The van der Waals surface area contributed by atoms with Crippen LogP contribution in [0.4, 0.5) is 17.1 Å². The number of rotatable bonds is 6. The molecule has 0 radical (unpaired) electrons. The second-order valence-electron chi connectivity index (χ2n) is 12.8. The van der Waals surface area contributed by atoms with E-state index in [2.05, 4.69) is 163 Å². The van der Waals surface area contributed by atoms with Crippen molar-refractivity contribution in [2.45, 2.75) is 0 Å². The normalized spacial score (nSPS) is 11.5. The van der Waals surface area contributed by atoms with Crippen LogP contribution in [0.3, 0.4) is 0 Å². The number of aromatic nitrogens is 1. The zero-order valence-corrected chi connectivity index (χ0v) is 29.2. The Bertz CT molecular complexity index is 2830. The van der Waals surface area contributed by atoms with Crippen molar-refractivity contribution in [2.24, 2.45) is 0 Å². The van der Waals surface area contributed by atoms with Crippen molar-refractivity contribution >= 4 is 72.7 Å². The molecule has 0 aliphatic rings. The van der Waals surface area contributed by atoms with E-state index in [-0.39, 0.29) is 14.5 Å². The fourth-order valence-electron chi connectivity index (χ4n) is 7.29. The summed E-state index contributed by atoms with van der Waals surface area (Å²) in [6, 6.07) is 65.1. The van der Waals surface area contributed by atoms with Crippen LogP contribution in [0.15, 0.2) is 186 Å². The maximum absolute atomic E-state index is 6.27. The van der Waals surface area contributed by atoms with E-state index in [1.165, 1.54) is 52.3 Å². The van der Waals surface area contributed by atoms with Crippen molar-refractivity contribution < 1.29 is 4.42 Å². The minimum absolute atomic E-state index is 0.137. The Kier molecular flexibility index (Phi) is 7.16. The summed E-state index contributed by atoms with van der Waals surface area (Å²) in [6.45, 7) is 0. The molecule has 2 aromatic heterocycles. The molecule has 240 valence electrons. The molecule has 0 spiro atoms. The molecule has 8 aromatic carbocycles. The standard InChI is InChI=1S/C47H30N2OSe/c1-2-11-31(12-3-1)34-15-8-16-36(29-34)49(35-25-23-33(24-26-35)39-18-9-14-32-13-4-5-17-38(32)39)37-27-28-40-45(30-37)51-44-22-10-19-41(46(40)44)47-48-42-20-6-7-21-43(42)50-47/h1-30H. The number of oxazole rings is 1. The first-order valence-electron chi connectivity index (χ1n) is 17.1. The molecule has 0 saturated carbocycles. The molecule has 0 atom stereocenters. The number of fused-ring (bicyclic) bond motifs is 5. The van der Waals surface area contributed by atoms with Gasteiger partial charge in [-0.15, -0.1) is 0 Å². The van der Waals surface area contributed by atoms with Crippen molar-refractivity contribution in [3.63, 3.8) is 0 Å². The zero-order valence-electron chi connectivity index (χ0n) is 27.5. The van der Waals surface area contributed by atoms with Crippen molar-refractivity contribution in [3.8, 4) is 33.7 Å². The first kappa shape index (κ1) is 29.7. The Balaban J connectivity index is 1.12. The van der Waals surface area contributed by atoms with Crippen molar-refractivity contribution in [1.82, 2.24) is 4.98 Å². The molecule has 10 aromatic rings. The number of nitrogens with zero attached hydrogens (tertiary/aromatic N) is 2. The van der Waals surface area contributed by atoms with Gasteiger partial charge in [-0.25, -0.2) is 0 Å². The number of hydrogen-bond acceptors (Lipinski definition) is 3. The van der Waals surface area contributed by atoms with E-state index in [1.807, 2.05) is 24.3 Å². The molecular weight excluding hydrogens is 687 g/mol. The molecule has 0 amide bonds. The van der Waals surface area contributed by atoms with Crippen molar-refractivity contribution in [2.75, 3.05) is 4.90 Å². The van der Waals surface area contributed by atoms with Crippen LogP contribution >= 0.6 is 0 Å². The maximum atomic E-state index is 6.27. The second-order valence-corrected chi connectivity index (χ2v) is 15.0. The topological polar surface area (TPSA) is 29.3 Å². The van der Waals surface area contributed by atoms with E-state index in [9.17, 15) is 0 Å². The molecule has 0 bridgehead atoms. The number of hydrogen-bond donors (Lipinski definition) is 0. The van der Waals surface area contributed by atoms with Gasteiger partial charge in [0.2, 0.25) is 0 Å². The van der Waals surface area contributed by atoms with Crippen LogP contribution in [0.1, 0.15) is 0 Å².